The molecule has 0 aromatic heterocycles. The second-order valence-electron chi connectivity index (χ2n) is 4.98. The minimum absolute atomic E-state index is 0.00414. The summed E-state index contributed by atoms with van der Waals surface area (Å²) in [4.78, 5) is 23.6. The Balaban J connectivity index is 2.15. The summed E-state index contributed by atoms with van der Waals surface area (Å²) >= 11 is 0. The highest BCUT2D eigenvalue weighted by molar-refractivity contribution is 7.91. The van der Waals surface area contributed by atoms with Crippen molar-refractivity contribution in [2.75, 3.05) is 18.6 Å². The van der Waals surface area contributed by atoms with Crippen LogP contribution in [0.4, 0.5) is 0 Å². The lowest BCUT2D eigenvalue weighted by molar-refractivity contribution is 0.0600. The first-order chi connectivity index (χ1) is 9.91. The van der Waals surface area contributed by atoms with Crippen LogP contribution in [0.1, 0.15) is 22.8 Å². The van der Waals surface area contributed by atoms with Crippen molar-refractivity contribution in [1.29, 1.82) is 0 Å². The summed E-state index contributed by atoms with van der Waals surface area (Å²) in [5, 5.41) is 6.10. The van der Waals surface area contributed by atoms with Gasteiger partial charge in [0.15, 0.2) is 9.84 Å². The topological polar surface area (TPSA) is 111 Å². The van der Waals surface area contributed by atoms with Gasteiger partial charge in [0.1, 0.15) is 11.3 Å². The van der Waals surface area contributed by atoms with E-state index < -0.39 is 21.4 Å². The number of nitrogens with one attached hydrogen (secondary N) is 1. The average Bonchev–Trinajstić information content (AvgIpc) is 3.00. The maximum Gasteiger partial charge on any atom is 0.341 e. The van der Waals surface area contributed by atoms with Crippen molar-refractivity contribution in [2.24, 2.45) is 0 Å². The molecule has 0 bridgehead atoms. The molecule has 3 aliphatic heterocycles. The Labute approximate surface area is 120 Å². The Morgan fingerprint density at radius 2 is 2.24 bits per heavy atom. The van der Waals surface area contributed by atoms with E-state index in [1.807, 2.05) is 0 Å². The average molecular weight is 311 g/mol. The molecule has 1 saturated heterocycles. The molecule has 112 valence electrons. The summed E-state index contributed by atoms with van der Waals surface area (Å²) in [6.07, 6.45) is 3.46. The number of rotatable bonds is 2. The van der Waals surface area contributed by atoms with Crippen molar-refractivity contribution in [3.05, 3.63) is 28.3 Å². The number of nitrogens with zero attached hydrogens (tertiary/aromatic N) is 2. The van der Waals surface area contributed by atoms with Crippen LogP contribution in [0.5, 0.6) is 0 Å². The van der Waals surface area contributed by atoms with Crippen LogP contribution < -0.4 is 5.56 Å². The lowest BCUT2D eigenvalue weighted by Gasteiger charge is -2.16. The van der Waals surface area contributed by atoms with Gasteiger partial charge in [-0.05, 0) is 6.42 Å². The third-order valence-corrected chi connectivity index (χ3v) is 5.37. The molecule has 0 aromatic rings. The zero-order valence-electron chi connectivity index (χ0n) is 11.2. The summed E-state index contributed by atoms with van der Waals surface area (Å²) in [6.45, 7) is 0. The van der Waals surface area contributed by atoms with Crippen molar-refractivity contribution in [2.45, 2.75) is 12.5 Å². The number of hydrogen-bond acceptors (Lipinski definition) is 6. The molecule has 8 nitrogen and oxygen atoms in total. The van der Waals surface area contributed by atoms with E-state index in [0.29, 0.717) is 6.42 Å². The highest BCUT2D eigenvalue weighted by Crippen LogP contribution is 2.28. The van der Waals surface area contributed by atoms with Crippen molar-refractivity contribution < 1.29 is 17.9 Å². The Kier molecular flexibility index (Phi) is 3.08. The van der Waals surface area contributed by atoms with E-state index in [1.165, 1.54) is 19.5 Å². The number of esters is 1. The van der Waals surface area contributed by atoms with Gasteiger partial charge < -0.3 is 9.30 Å². The molecule has 0 spiro atoms. The van der Waals surface area contributed by atoms with Crippen LogP contribution >= 0.6 is 0 Å². The number of fused-ring (bicyclic) bond motifs is 1. The third-order valence-electron chi connectivity index (χ3n) is 3.62. The van der Waals surface area contributed by atoms with Crippen molar-refractivity contribution >= 4 is 15.8 Å². The van der Waals surface area contributed by atoms with E-state index in [2.05, 4.69) is 14.9 Å². The zero-order valence-corrected chi connectivity index (χ0v) is 12.0. The second kappa shape index (κ2) is 4.69. The molecule has 1 fully saturated rings. The molecule has 1 atom stereocenters. The van der Waals surface area contributed by atoms with Crippen molar-refractivity contribution in [3.8, 4) is 11.3 Å². The molecule has 1 N–H and O–H groups in total. The van der Waals surface area contributed by atoms with Crippen LogP contribution in [0.3, 0.4) is 0 Å². The fourth-order valence-corrected chi connectivity index (χ4v) is 4.26. The number of sulfone groups is 1. The fourth-order valence-electron chi connectivity index (χ4n) is 2.54. The van der Waals surface area contributed by atoms with Crippen LogP contribution in [-0.2, 0) is 14.6 Å². The van der Waals surface area contributed by atoms with Gasteiger partial charge in [-0.25, -0.2) is 18.3 Å². The molecule has 9 heteroatoms. The molecule has 3 heterocycles. The third kappa shape index (κ3) is 2.33. The Hall–Kier alpha value is -2.16. The molecule has 0 amide bonds. The largest absolute Gasteiger partial charge is 0.465 e. The zero-order chi connectivity index (χ0) is 15.2. The molecule has 0 aliphatic carbocycles. The number of carbonyl (C=O) groups is 1. The summed E-state index contributed by atoms with van der Waals surface area (Å²) in [5.41, 5.74) is 0.175. The number of aromatic amines is 1. The van der Waals surface area contributed by atoms with Gasteiger partial charge in [0.2, 0.25) is 0 Å². The smallest absolute Gasteiger partial charge is 0.341 e. The first-order valence-corrected chi connectivity index (χ1v) is 8.12. The molecule has 0 radical (unpaired) electrons. The van der Waals surface area contributed by atoms with Crippen molar-refractivity contribution in [3.63, 3.8) is 0 Å². The van der Waals surface area contributed by atoms with E-state index in [0.717, 1.165) is 0 Å². The Morgan fingerprint density at radius 3 is 2.86 bits per heavy atom. The summed E-state index contributed by atoms with van der Waals surface area (Å²) < 4.78 is 29.4. The minimum atomic E-state index is -3.07. The highest BCUT2D eigenvalue weighted by atomic mass is 32.2. The highest BCUT2D eigenvalue weighted by Gasteiger charge is 2.31. The standard InChI is InChI=1S/C12H13N3O5S/c1-20-12(17)9-5-15(7-2-3-21(18,19)6-7)4-8-10(9)13-14-11(8)16/h4-5,7H,2-3,6H2,1H3,(H,14,16)/t7-/m0/s1. The molecule has 0 unspecified atom stereocenters. The number of ether oxygens (including phenoxy) is 1. The van der Waals surface area contributed by atoms with Gasteiger partial charge in [0, 0.05) is 18.4 Å². The monoisotopic (exact) mass is 311 g/mol. The van der Waals surface area contributed by atoms with Gasteiger partial charge in [-0.2, -0.15) is 5.10 Å². The van der Waals surface area contributed by atoms with Crippen LogP contribution in [0.25, 0.3) is 11.3 Å². The van der Waals surface area contributed by atoms with E-state index >= 15 is 0 Å². The molecule has 21 heavy (non-hydrogen) atoms. The van der Waals surface area contributed by atoms with Gasteiger partial charge in [-0.3, -0.25) is 4.79 Å². The number of carbonyl (C=O) groups excluding carboxylic acids is 1. The molecular formula is C12H13N3O5S. The number of H-pyrrole nitrogens is 1. The summed E-state index contributed by atoms with van der Waals surface area (Å²) in [5.74, 6) is -0.525. The molecular weight excluding hydrogens is 298 g/mol. The normalized spacial score (nSPS) is 20.7. The predicted octanol–water partition coefficient (Wildman–Crippen LogP) is -0.178. The summed E-state index contributed by atoms with van der Waals surface area (Å²) in [6, 6.07) is -0.294. The van der Waals surface area contributed by atoms with Crippen LogP contribution in [-0.4, -0.2) is 47.8 Å². The number of methoxy groups -OCH3 is 1. The van der Waals surface area contributed by atoms with Crippen LogP contribution in [0.15, 0.2) is 17.2 Å². The minimum Gasteiger partial charge on any atom is -0.465 e. The fraction of sp³-hybridized carbons (Fsp3) is 0.417. The number of pyridine rings is 1. The van der Waals surface area contributed by atoms with Gasteiger partial charge in [-0.15, -0.1) is 0 Å². The van der Waals surface area contributed by atoms with E-state index in [9.17, 15) is 18.0 Å². The maximum absolute atomic E-state index is 11.8. The quantitative estimate of drug-likeness (QED) is 0.770. The second-order valence-corrected chi connectivity index (χ2v) is 7.21. The van der Waals surface area contributed by atoms with Crippen molar-refractivity contribution in [1.82, 2.24) is 14.8 Å². The van der Waals surface area contributed by atoms with Crippen LogP contribution in [0, 0.1) is 0 Å². The molecule has 0 aromatic carbocycles. The van der Waals surface area contributed by atoms with Gasteiger partial charge >= 0.3 is 5.97 Å². The number of hydrogen-bond donors (Lipinski definition) is 1. The van der Waals surface area contributed by atoms with Gasteiger partial charge in [-0.1, -0.05) is 0 Å². The predicted molar refractivity (Wildman–Crippen MR) is 73.1 cm³/mol. The first kappa shape index (κ1) is 13.8. The summed E-state index contributed by atoms with van der Waals surface area (Å²) in [7, 11) is -1.84. The molecule has 0 saturated carbocycles. The molecule has 3 aliphatic rings. The maximum atomic E-state index is 11.8. The molecule has 3 rings (SSSR count). The first-order valence-electron chi connectivity index (χ1n) is 6.30. The van der Waals surface area contributed by atoms with E-state index in [4.69, 9.17) is 0 Å². The Bertz CT molecular complexity index is 835. The lowest BCUT2D eigenvalue weighted by Crippen LogP contribution is -2.16. The van der Waals surface area contributed by atoms with E-state index in [-0.39, 0.29) is 34.4 Å². The van der Waals surface area contributed by atoms with E-state index in [1.54, 1.807) is 4.57 Å². The SMILES string of the molecule is COC(=O)c1cn([C@H]2CCS(=O)(=O)C2)cc2c(=O)[nH]nc1-2. The van der Waals surface area contributed by atoms with Gasteiger partial charge in [0.05, 0.1) is 24.2 Å². The lowest BCUT2D eigenvalue weighted by atomic mass is 10.1. The Morgan fingerprint density at radius 1 is 1.48 bits per heavy atom. The van der Waals surface area contributed by atoms with Gasteiger partial charge in [0.25, 0.3) is 5.56 Å². The number of aromatic nitrogens is 3. The van der Waals surface area contributed by atoms with Crippen LogP contribution in [0.2, 0.25) is 0 Å².